The van der Waals surface area contributed by atoms with Gasteiger partial charge in [-0.05, 0) is 48.6 Å². The van der Waals surface area contributed by atoms with Crippen LogP contribution in [0.2, 0.25) is 0 Å². The van der Waals surface area contributed by atoms with E-state index in [1.807, 2.05) is 12.1 Å². The molecule has 0 radical (unpaired) electrons. The van der Waals surface area contributed by atoms with Crippen LogP contribution in [0.4, 0.5) is 13.6 Å². The minimum absolute atomic E-state index is 0.215. The molecule has 0 unspecified atom stereocenters. The van der Waals surface area contributed by atoms with Crippen molar-refractivity contribution in [3.05, 3.63) is 64.5 Å². The number of aromatic nitrogens is 2. The number of hydrogen-bond donors (Lipinski definition) is 1. The Morgan fingerprint density at radius 1 is 1.14 bits per heavy atom. The second-order valence-electron chi connectivity index (χ2n) is 10.1. The number of benzene rings is 2. The Morgan fingerprint density at radius 3 is 2.54 bits per heavy atom. The number of carbonyl (C=O) groups is 2. The van der Waals surface area contributed by atoms with Gasteiger partial charge in [0.2, 0.25) is 0 Å². The largest absolute Gasteiger partial charge is 0.481 e. The number of imidazole rings is 1. The molecule has 1 saturated carbocycles. The van der Waals surface area contributed by atoms with Gasteiger partial charge in [-0.2, -0.15) is 0 Å². The minimum atomic E-state index is -1.04. The van der Waals surface area contributed by atoms with Gasteiger partial charge in [-0.1, -0.05) is 25.3 Å². The molecule has 2 heterocycles. The molecule has 0 spiro atoms. The molecule has 37 heavy (non-hydrogen) atoms. The molecule has 9 heteroatoms. The highest BCUT2D eigenvalue weighted by atomic mass is 19.1. The molecule has 1 aromatic heterocycles. The number of hydrogen-bond acceptors (Lipinski definition) is 4. The summed E-state index contributed by atoms with van der Waals surface area (Å²) in [4.78, 5) is 30.8. The van der Waals surface area contributed by atoms with Crippen LogP contribution in [0.15, 0.2) is 30.3 Å². The fourth-order valence-electron chi connectivity index (χ4n) is 5.92. The molecule has 1 aliphatic heterocycles. The van der Waals surface area contributed by atoms with E-state index in [-0.39, 0.29) is 25.0 Å². The quantitative estimate of drug-likeness (QED) is 0.456. The maximum absolute atomic E-state index is 14.1. The highest BCUT2D eigenvalue weighted by Gasteiger charge is 2.29. The second kappa shape index (κ2) is 10.5. The summed E-state index contributed by atoms with van der Waals surface area (Å²) in [6.07, 6.45) is 5.36. The number of ether oxygens (including phenoxy) is 1. The van der Waals surface area contributed by atoms with E-state index in [0.29, 0.717) is 25.1 Å². The van der Waals surface area contributed by atoms with Crippen LogP contribution >= 0.6 is 0 Å². The first-order valence-electron chi connectivity index (χ1n) is 12.9. The molecular formula is C28H31F2N3O4. The molecule has 5 rings (SSSR count). The highest BCUT2D eigenvalue weighted by Crippen LogP contribution is 2.38. The zero-order valence-electron chi connectivity index (χ0n) is 20.9. The molecule has 2 aromatic carbocycles. The number of rotatable bonds is 6. The molecular weight excluding hydrogens is 480 g/mol. The van der Waals surface area contributed by atoms with Gasteiger partial charge in [0.25, 0.3) is 0 Å². The topological polar surface area (TPSA) is 84.7 Å². The van der Waals surface area contributed by atoms with Crippen molar-refractivity contribution in [3.63, 3.8) is 0 Å². The Bertz CT molecular complexity index is 1310. The highest BCUT2D eigenvalue weighted by molar-refractivity contribution is 5.82. The van der Waals surface area contributed by atoms with Gasteiger partial charge in [0.05, 0.1) is 31.1 Å². The van der Waals surface area contributed by atoms with Gasteiger partial charge in [-0.15, -0.1) is 0 Å². The van der Waals surface area contributed by atoms with Crippen molar-refractivity contribution in [1.82, 2.24) is 14.5 Å². The number of fused-ring (bicyclic) bond motifs is 3. The maximum atomic E-state index is 14.1. The number of carboxylic acid groups (broad SMARTS) is 1. The first kappa shape index (κ1) is 25.2. The predicted octanol–water partition coefficient (Wildman–Crippen LogP) is 5.75. The van der Waals surface area contributed by atoms with E-state index < -0.39 is 23.5 Å². The molecule has 1 fully saturated rings. The van der Waals surface area contributed by atoms with Gasteiger partial charge in [0.1, 0.15) is 17.5 Å². The van der Waals surface area contributed by atoms with E-state index >= 15 is 0 Å². The summed E-state index contributed by atoms with van der Waals surface area (Å²) in [6.45, 7) is 1.18. The Balaban J connectivity index is 1.62. The molecule has 1 N–H and O–H groups in total. The molecule has 1 amide bonds. The van der Waals surface area contributed by atoms with E-state index in [1.165, 1.54) is 25.7 Å². The molecule has 1 aliphatic carbocycles. The second-order valence-corrected chi connectivity index (χ2v) is 10.1. The van der Waals surface area contributed by atoms with Crippen molar-refractivity contribution in [2.75, 3.05) is 13.7 Å². The van der Waals surface area contributed by atoms with Crippen LogP contribution in [0.3, 0.4) is 0 Å². The molecule has 0 bridgehead atoms. The number of methoxy groups -OCH3 is 1. The summed E-state index contributed by atoms with van der Waals surface area (Å²) < 4.78 is 35.2. The fraction of sp³-hybridized carbons (Fsp3) is 0.464. The van der Waals surface area contributed by atoms with Crippen molar-refractivity contribution in [1.29, 1.82) is 0 Å². The number of carbonyl (C=O) groups excluding carboxylic acids is 1. The monoisotopic (exact) mass is 511 g/mol. The van der Waals surface area contributed by atoms with E-state index in [2.05, 4.69) is 4.57 Å². The third-order valence-corrected chi connectivity index (χ3v) is 7.74. The van der Waals surface area contributed by atoms with Crippen molar-refractivity contribution < 1.29 is 28.2 Å². The lowest BCUT2D eigenvalue weighted by Gasteiger charge is -2.27. The SMILES string of the molecule is COC(=O)N1CCc2ccc3c(nc(C4CCCCC4)n3C[C@@H](CC(=O)O)c3cc(F)cc(F)c3)c2C1. The summed E-state index contributed by atoms with van der Waals surface area (Å²) in [5.41, 5.74) is 4.05. The zero-order valence-corrected chi connectivity index (χ0v) is 20.9. The average molecular weight is 512 g/mol. The number of aliphatic carboxylic acids is 1. The Labute approximate surface area is 214 Å². The summed E-state index contributed by atoms with van der Waals surface area (Å²) >= 11 is 0. The van der Waals surface area contributed by atoms with Crippen molar-refractivity contribution in [2.45, 2.75) is 69.9 Å². The molecule has 3 aromatic rings. The molecule has 0 saturated heterocycles. The summed E-state index contributed by atoms with van der Waals surface area (Å²) in [5, 5.41) is 9.64. The zero-order chi connectivity index (χ0) is 26.1. The first-order valence-corrected chi connectivity index (χ1v) is 12.9. The van der Waals surface area contributed by atoms with Crippen LogP contribution in [0, 0.1) is 11.6 Å². The van der Waals surface area contributed by atoms with Crippen LogP contribution in [0.1, 0.15) is 72.9 Å². The predicted molar refractivity (Wildman–Crippen MR) is 133 cm³/mol. The number of halogens is 2. The standard InChI is InChI=1S/C28H31F2N3O4/c1-37-28(36)32-10-9-17-7-8-24-26(23(17)16-32)31-27(18-5-3-2-4-6-18)33(24)15-20(13-25(34)35)19-11-21(29)14-22(30)12-19/h7-8,11-12,14,18,20H,2-6,9-10,13,15-16H2,1H3,(H,34,35)/t20-/m1/s1. The van der Waals surface area contributed by atoms with Gasteiger partial charge in [0.15, 0.2) is 0 Å². The van der Waals surface area contributed by atoms with Crippen molar-refractivity contribution in [3.8, 4) is 0 Å². The van der Waals surface area contributed by atoms with Crippen LogP contribution in [0.25, 0.3) is 11.0 Å². The molecule has 1 atom stereocenters. The first-order chi connectivity index (χ1) is 17.8. The number of carboxylic acids is 1. The summed E-state index contributed by atoms with van der Waals surface area (Å²) in [7, 11) is 1.37. The van der Waals surface area contributed by atoms with Gasteiger partial charge in [-0.3, -0.25) is 4.79 Å². The third kappa shape index (κ3) is 5.17. The third-order valence-electron chi connectivity index (χ3n) is 7.74. The normalized spacial score (nSPS) is 17.0. The van der Waals surface area contributed by atoms with Gasteiger partial charge < -0.3 is 19.3 Å². The van der Waals surface area contributed by atoms with E-state index in [9.17, 15) is 23.5 Å². The van der Waals surface area contributed by atoms with Crippen LogP contribution < -0.4 is 0 Å². The Hall–Kier alpha value is -3.49. The minimum Gasteiger partial charge on any atom is -0.481 e. The molecule has 7 nitrogen and oxygen atoms in total. The fourth-order valence-corrected chi connectivity index (χ4v) is 5.92. The van der Waals surface area contributed by atoms with Gasteiger partial charge in [-0.25, -0.2) is 18.6 Å². The lowest BCUT2D eigenvalue weighted by Crippen LogP contribution is -2.35. The Morgan fingerprint density at radius 2 is 1.86 bits per heavy atom. The lowest BCUT2D eigenvalue weighted by atomic mass is 9.88. The number of nitrogens with zero attached hydrogens (tertiary/aromatic N) is 3. The van der Waals surface area contributed by atoms with E-state index in [4.69, 9.17) is 9.72 Å². The lowest BCUT2D eigenvalue weighted by molar-refractivity contribution is -0.137. The summed E-state index contributed by atoms with van der Waals surface area (Å²) in [6, 6.07) is 7.27. The van der Waals surface area contributed by atoms with Crippen LogP contribution in [0.5, 0.6) is 0 Å². The Kier molecular flexibility index (Phi) is 7.13. The van der Waals surface area contributed by atoms with Gasteiger partial charge in [0, 0.05) is 36.6 Å². The van der Waals surface area contributed by atoms with Gasteiger partial charge >= 0.3 is 12.1 Å². The molecule has 196 valence electrons. The average Bonchev–Trinajstić information content (AvgIpc) is 3.26. The number of amides is 1. The van der Waals surface area contributed by atoms with E-state index in [0.717, 1.165) is 59.7 Å². The van der Waals surface area contributed by atoms with Crippen molar-refractivity contribution >= 4 is 23.1 Å². The smallest absolute Gasteiger partial charge is 0.409 e. The molecule has 2 aliphatic rings. The van der Waals surface area contributed by atoms with Crippen molar-refractivity contribution in [2.24, 2.45) is 0 Å². The maximum Gasteiger partial charge on any atom is 0.409 e. The van der Waals surface area contributed by atoms with Crippen LogP contribution in [-0.4, -0.2) is 45.3 Å². The van der Waals surface area contributed by atoms with Crippen LogP contribution in [-0.2, 0) is 29.0 Å². The van der Waals surface area contributed by atoms with E-state index in [1.54, 1.807) is 4.90 Å². The summed E-state index contributed by atoms with van der Waals surface area (Å²) in [5.74, 6) is -2.05.